The lowest BCUT2D eigenvalue weighted by atomic mass is 9.93. The zero-order chi connectivity index (χ0) is 17.7. The van der Waals surface area contributed by atoms with Crippen LogP contribution < -0.4 is 5.32 Å². The van der Waals surface area contributed by atoms with Crippen LogP contribution >= 0.6 is 11.6 Å². The number of aliphatic hydroxyl groups excluding tert-OH is 1. The number of rotatable bonds is 7. The van der Waals surface area contributed by atoms with Gasteiger partial charge in [0.1, 0.15) is 5.15 Å². The van der Waals surface area contributed by atoms with Crippen LogP contribution in [0.5, 0.6) is 0 Å². The lowest BCUT2D eigenvalue weighted by Gasteiger charge is -2.19. The van der Waals surface area contributed by atoms with E-state index in [9.17, 15) is 9.90 Å². The third-order valence-corrected chi connectivity index (χ3v) is 4.45. The van der Waals surface area contributed by atoms with Crippen molar-refractivity contribution in [3.05, 3.63) is 52.3 Å². The Morgan fingerprint density at radius 2 is 2.04 bits per heavy atom. The lowest BCUT2D eigenvalue weighted by Crippen LogP contribution is -2.30. The van der Waals surface area contributed by atoms with Gasteiger partial charge in [-0.15, -0.1) is 0 Å². The first kappa shape index (κ1) is 18.5. The summed E-state index contributed by atoms with van der Waals surface area (Å²) in [6, 6.07) is 9.88. The van der Waals surface area contributed by atoms with Crippen LogP contribution in [-0.2, 0) is 13.5 Å². The van der Waals surface area contributed by atoms with Crippen molar-refractivity contribution in [1.82, 2.24) is 15.1 Å². The van der Waals surface area contributed by atoms with Gasteiger partial charge in [0.2, 0.25) is 0 Å². The minimum absolute atomic E-state index is 0.0377. The van der Waals surface area contributed by atoms with Gasteiger partial charge in [0.15, 0.2) is 0 Å². The molecule has 1 amide bonds. The van der Waals surface area contributed by atoms with Crippen molar-refractivity contribution in [1.29, 1.82) is 0 Å². The van der Waals surface area contributed by atoms with Crippen molar-refractivity contribution in [3.8, 4) is 0 Å². The summed E-state index contributed by atoms with van der Waals surface area (Å²) in [7, 11) is 1.72. The second kappa shape index (κ2) is 8.31. The second-order valence-corrected chi connectivity index (χ2v) is 6.35. The Morgan fingerprint density at radius 3 is 2.62 bits per heavy atom. The predicted molar refractivity (Wildman–Crippen MR) is 95.4 cm³/mol. The number of aryl methyl sites for hydroxylation is 2. The van der Waals surface area contributed by atoms with Gasteiger partial charge in [-0.05, 0) is 25.3 Å². The molecule has 0 saturated heterocycles. The fourth-order valence-corrected chi connectivity index (χ4v) is 3.04. The molecule has 2 N–H and O–H groups in total. The number of benzene rings is 1. The van der Waals surface area contributed by atoms with Crippen molar-refractivity contribution >= 4 is 17.5 Å². The molecule has 2 atom stereocenters. The third kappa shape index (κ3) is 4.36. The molecular weight excluding hydrogens is 326 g/mol. The van der Waals surface area contributed by atoms with Crippen LogP contribution in [0.15, 0.2) is 30.3 Å². The van der Waals surface area contributed by atoms with Crippen molar-refractivity contribution in [3.63, 3.8) is 0 Å². The molecule has 0 aliphatic heterocycles. The Labute approximate surface area is 147 Å². The molecule has 0 bridgehead atoms. The summed E-state index contributed by atoms with van der Waals surface area (Å²) in [5, 5.41) is 17.3. The molecule has 2 unspecified atom stereocenters. The zero-order valence-electron chi connectivity index (χ0n) is 14.3. The summed E-state index contributed by atoms with van der Waals surface area (Å²) in [5.41, 5.74) is 2.21. The van der Waals surface area contributed by atoms with Gasteiger partial charge >= 0.3 is 0 Å². The van der Waals surface area contributed by atoms with E-state index in [1.165, 1.54) is 4.68 Å². The fraction of sp³-hybridized carbons (Fsp3) is 0.444. The van der Waals surface area contributed by atoms with Crippen molar-refractivity contribution < 1.29 is 9.90 Å². The number of hydrogen-bond donors (Lipinski definition) is 2. The number of amides is 1. The lowest BCUT2D eigenvalue weighted by molar-refractivity contribution is 0.0945. The normalized spacial score (nSPS) is 13.5. The predicted octanol–water partition coefficient (Wildman–Crippen LogP) is 2.92. The topological polar surface area (TPSA) is 67.2 Å². The molecule has 0 aliphatic carbocycles. The summed E-state index contributed by atoms with van der Waals surface area (Å²) >= 11 is 6.20. The first-order chi connectivity index (χ1) is 11.4. The SMILES string of the molecule is CCc1nn(C)c(Cl)c1C(=O)NCC(CC(C)O)c1ccccc1. The zero-order valence-corrected chi connectivity index (χ0v) is 15.0. The number of nitrogens with zero attached hydrogens (tertiary/aromatic N) is 2. The quantitative estimate of drug-likeness (QED) is 0.807. The minimum atomic E-state index is -0.444. The summed E-state index contributed by atoms with van der Waals surface area (Å²) in [6.07, 6.45) is 0.769. The first-order valence-corrected chi connectivity index (χ1v) is 8.54. The maximum atomic E-state index is 12.6. The van der Waals surface area contributed by atoms with Crippen LogP contribution in [0.25, 0.3) is 0 Å². The molecule has 2 aromatic rings. The number of nitrogens with one attached hydrogen (secondary N) is 1. The van der Waals surface area contributed by atoms with Crippen LogP contribution in [0.1, 0.15) is 47.8 Å². The van der Waals surface area contributed by atoms with Crippen molar-refractivity contribution in [2.75, 3.05) is 6.54 Å². The van der Waals surface area contributed by atoms with E-state index in [0.29, 0.717) is 35.8 Å². The van der Waals surface area contributed by atoms with Gasteiger partial charge in [0.05, 0.1) is 17.4 Å². The smallest absolute Gasteiger partial charge is 0.256 e. The molecule has 1 heterocycles. The molecule has 24 heavy (non-hydrogen) atoms. The summed E-state index contributed by atoms with van der Waals surface area (Å²) < 4.78 is 1.51. The third-order valence-electron chi connectivity index (χ3n) is 4.02. The molecule has 0 radical (unpaired) electrons. The molecule has 6 heteroatoms. The van der Waals surface area contributed by atoms with Crippen LogP contribution in [0.3, 0.4) is 0 Å². The van der Waals surface area contributed by atoms with Gasteiger partial charge in [0.25, 0.3) is 5.91 Å². The van der Waals surface area contributed by atoms with E-state index in [4.69, 9.17) is 11.6 Å². The van der Waals surface area contributed by atoms with Gasteiger partial charge in [-0.25, -0.2) is 0 Å². The van der Waals surface area contributed by atoms with E-state index in [2.05, 4.69) is 10.4 Å². The van der Waals surface area contributed by atoms with Gasteiger partial charge < -0.3 is 10.4 Å². The Bertz CT molecular complexity index is 683. The highest BCUT2D eigenvalue weighted by Gasteiger charge is 2.22. The Morgan fingerprint density at radius 1 is 1.38 bits per heavy atom. The van der Waals surface area contributed by atoms with Crippen LogP contribution in [-0.4, -0.2) is 33.4 Å². The number of carbonyl (C=O) groups excluding carboxylic acids is 1. The molecule has 130 valence electrons. The Kier molecular flexibility index (Phi) is 6.40. The molecular formula is C18H24ClN3O2. The monoisotopic (exact) mass is 349 g/mol. The van der Waals surface area contributed by atoms with E-state index in [0.717, 1.165) is 5.56 Å². The number of halogens is 1. The molecule has 0 aliphatic rings. The van der Waals surface area contributed by atoms with Gasteiger partial charge in [-0.1, -0.05) is 48.9 Å². The number of aliphatic hydroxyl groups is 1. The van der Waals surface area contributed by atoms with Crippen molar-refractivity contribution in [2.45, 2.75) is 38.7 Å². The summed E-state index contributed by atoms with van der Waals surface area (Å²) in [5.74, 6) is -0.188. The molecule has 0 fully saturated rings. The summed E-state index contributed by atoms with van der Waals surface area (Å²) in [4.78, 5) is 12.6. The van der Waals surface area contributed by atoms with E-state index < -0.39 is 6.10 Å². The van der Waals surface area contributed by atoms with E-state index >= 15 is 0 Å². The average molecular weight is 350 g/mol. The summed E-state index contributed by atoms with van der Waals surface area (Å²) in [6.45, 7) is 4.13. The van der Waals surface area contributed by atoms with Crippen LogP contribution in [0.2, 0.25) is 5.15 Å². The first-order valence-electron chi connectivity index (χ1n) is 8.16. The maximum Gasteiger partial charge on any atom is 0.256 e. The molecule has 1 aromatic carbocycles. The molecule has 5 nitrogen and oxygen atoms in total. The maximum absolute atomic E-state index is 12.6. The molecule has 1 aromatic heterocycles. The van der Waals surface area contributed by atoms with E-state index in [-0.39, 0.29) is 11.8 Å². The van der Waals surface area contributed by atoms with Crippen molar-refractivity contribution in [2.24, 2.45) is 7.05 Å². The highest BCUT2D eigenvalue weighted by molar-refractivity contribution is 6.33. The highest BCUT2D eigenvalue weighted by Crippen LogP contribution is 2.22. The largest absolute Gasteiger partial charge is 0.393 e. The molecule has 2 rings (SSSR count). The highest BCUT2D eigenvalue weighted by atomic mass is 35.5. The molecule has 0 saturated carbocycles. The van der Waals surface area contributed by atoms with Gasteiger partial charge in [-0.2, -0.15) is 5.10 Å². The number of aromatic nitrogens is 2. The Hall–Kier alpha value is -1.85. The second-order valence-electron chi connectivity index (χ2n) is 5.99. The van der Waals surface area contributed by atoms with Gasteiger partial charge in [-0.3, -0.25) is 9.48 Å². The van der Waals surface area contributed by atoms with E-state index in [1.54, 1.807) is 14.0 Å². The number of hydrogen-bond acceptors (Lipinski definition) is 3. The standard InChI is InChI=1S/C18H24ClN3O2/c1-4-15-16(17(19)22(3)21-15)18(24)20-11-14(10-12(2)23)13-8-6-5-7-9-13/h5-9,12,14,23H,4,10-11H2,1-3H3,(H,20,24). The molecule has 0 spiro atoms. The number of carbonyl (C=O) groups is 1. The fourth-order valence-electron chi connectivity index (χ4n) is 2.81. The average Bonchev–Trinajstić information content (AvgIpc) is 2.86. The Balaban J connectivity index is 2.13. The van der Waals surface area contributed by atoms with E-state index in [1.807, 2.05) is 37.3 Å². The van der Waals surface area contributed by atoms with Crippen LogP contribution in [0, 0.1) is 0 Å². The van der Waals surface area contributed by atoms with Gasteiger partial charge in [0, 0.05) is 19.5 Å². The van der Waals surface area contributed by atoms with Crippen LogP contribution in [0.4, 0.5) is 0 Å². The minimum Gasteiger partial charge on any atom is -0.393 e.